The molecule has 0 radical (unpaired) electrons. The SMILES string of the molecule is CSc1nc2ncc(-c3ccnc(NCc4ccc5c(c4)OCCO5)n3)c(C)n2n1. The van der Waals surface area contributed by atoms with E-state index in [-0.39, 0.29) is 0 Å². The molecule has 4 aromatic rings. The number of anilines is 1. The highest BCUT2D eigenvalue weighted by atomic mass is 32.2. The Hall–Kier alpha value is -3.40. The minimum absolute atomic E-state index is 0.533. The molecule has 4 heterocycles. The van der Waals surface area contributed by atoms with E-state index in [4.69, 9.17) is 9.47 Å². The Morgan fingerprint density at radius 2 is 1.97 bits per heavy atom. The van der Waals surface area contributed by atoms with Gasteiger partial charge in [0.15, 0.2) is 11.5 Å². The van der Waals surface area contributed by atoms with E-state index >= 15 is 0 Å². The molecule has 1 aliphatic rings. The van der Waals surface area contributed by atoms with E-state index in [2.05, 4.69) is 30.4 Å². The lowest BCUT2D eigenvalue weighted by atomic mass is 10.2. The molecule has 1 aromatic carbocycles. The molecule has 0 amide bonds. The highest BCUT2D eigenvalue weighted by Gasteiger charge is 2.14. The summed E-state index contributed by atoms with van der Waals surface area (Å²) in [6.07, 6.45) is 5.44. The van der Waals surface area contributed by atoms with Crippen LogP contribution in [0.3, 0.4) is 0 Å². The van der Waals surface area contributed by atoms with Gasteiger partial charge >= 0.3 is 0 Å². The standard InChI is InChI=1S/C20H19N7O2S/c1-12-14(11-23-19-25-20(30-2)26-27(12)19)15-5-6-21-18(24-15)22-10-13-3-4-16-17(9-13)29-8-7-28-16/h3-6,9,11H,7-8,10H2,1-2H3,(H,21,22,24). The summed E-state index contributed by atoms with van der Waals surface area (Å²) in [4.78, 5) is 17.8. The molecule has 0 saturated heterocycles. The van der Waals surface area contributed by atoms with E-state index in [1.54, 1.807) is 16.9 Å². The van der Waals surface area contributed by atoms with Crippen molar-refractivity contribution in [2.75, 3.05) is 24.8 Å². The predicted octanol–water partition coefficient (Wildman–Crippen LogP) is 2.99. The molecular weight excluding hydrogens is 402 g/mol. The third kappa shape index (κ3) is 3.50. The van der Waals surface area contributed by atoms with Gasteiger partial charge in [-0.15, -0.1) is 5.10 Å². The first-order chi connectivity index (χ1) is 14.7. The lowest BCUT2D eigenvalue weighted by Crippen LogP contribution is -2.15. The minimum Gasteiger partial charge on any atom is -0.486 e. The fraction of sp³-hybridized carbons (Fsp3) is 0.250. The molecule has 5 rings (SSSR count). The van der Waals surface area contributed by atoms with E-state index in [1.165, 1.54) is 11.8 Å². The number of benzene rings is 1. The maximum atomic E-state index is 5.65. The summed E-state index contributed by atoms with van der Waals surface area (Å²) in [7, 11) is 0. The van der Waals surface area contributed by atoms with Crippen LogP contribution in [0.15, 0.2) is 41.8 Å². The van der Waals surface area contributed by atoms with Crippen molar-refractivity contribution in [3.63, 3.8) is 0 Å². The largest absolute Gasteiger partial charge is 0.486 e. The molecule has 0 bridgehead atoms. The number of aromatic nitrogens is 6. The Morgan fingerprint density at radius 3 is 2.83 bits per heavy atom. The summed E-state index contributed by atoms with van der Waals surface area (Å²) in [5.41, 5.74) is 3.62. The van der Waals surface area contributed by atoms with Crippen LogP contribution in [0.2, 0.25) is 0 Å². The van der Waals surface area contributed by atoms with Gasteiger partial charge in [-0.25, -0.2) is 15.0 Å². The number of hydrogen-bond acceptors (Lipinski definition) is 9. The van der Waals surface area contributed by atoms with Crippen LogP contribution in [-0.2, 0) is 6.54 Å². The maximum absolute atomic E-state index is 5.65. The highest BCUT2D eigenvalue weighted by molar-refractivity contribution is 7.98. The average Bonchev–Trinajstić information content (AvgIpc) is 3.22. The van der Waals surface area contributed by atoms with Gasteiger partial charge in [-0.2, -0.15) is 9.50 Å². The Balaban J connectivity index is 1.38. The molecule has 30 heavy (non-hydrogen) atoms. The van der Waals surface area contributed by atoms with Crippen LogP contribution in [0.4, 0.5) is 5.95 Å². The van der Waals surface area contributed by atoms with E-state index in [0.29, 0.717) is 36.6 Å². The third-order valence-corrected chi connectivity index (χ3v) is 5.30. The molecule has 1 N–H and O–H groups in total. The highest BCUT2D eigenvalue weighted by Crippen LogP contribution is 2.31. The van der Waals surface area contributed by atoms with Gasteiger partial charge in [-0.1, -0.05) is 17.8 Å². The van der Waals surface area contributed by atoms with Crippen LogP contribution in [0.1, 0.15) is 11.3 Å². The number of nitrogens with one attached hydrogen (secondary N) is 1. The van der Waals surface area contributed by atoms with Gasteiger partial charge in [0.05, 0.1) is 11.4 Å². The summed E-state index contributed by atoms with van der Waals surface area (Å²) >= 11 is 1.48. The van der Waals surface area contributed by atoms with E-state index in [1.807, 2.05) is 37.4 Å². The molecule has 9 nitrogen and oxygen atoms in total. The Kier molecular flexibility index (Phi) is 4.83. The van der Waals surface area contributed by atoms with Crippen molar-refractivity contribution < 1.29 is 9.47 Å². The second-order valence-corrected chi connectivity index (χ2v) is 7.44. The van der Waals surface area contributed by atoms with Crippen molar-refractivity contribution in [3.05, 3.63) is 47.9 Å². The van der Waals surface area contributed by atoms with Crippen molar-refractivity contribution >= 4 is 23.5 Å². The maximum Gasteiger partial charge on any atom is 0.253 e. The number of hydrogen-bond donors (Lipinski definition) is 1. The van der Waals surface area contributed by atoms with Crippen molar-refractivity contribution in [2.45, 2.75) is 18.6 Å². The summed E-state index contributed by atoms with van der Waals surface area (Å²) in [6, 6.07) is 7.76. The topological polar surface area (TPSA) is 99.4 Å². The van der Waals surface area contributed by atoms with Gasteiger partial charge in [-0.05, 0) is 36.9 Å². The first kappa shape index (κ1) is 18.6. The molecule has 0 spiro atoms. The van der Waals surface area contributed by atoms with Crippen molar-refractivity contribution in [1.29, 1.82) is 0 Å². The zero-order valence-electron chi connectivity index (χ0n) is 16.5. The van der Waals surface area contributed by atoms with Crippen LogP contribution < -0.4 is 14.8 Å². The third-order valence-electron chi connectivity index (χ3n) is 4.76. The van der Waals surface area contributed by atoms with Crippen LogP contribution in [-0.4, -0.2) is 49.0 Å². The van der Waals surface area contributed by atoms with Crippen molar-refractivity contribution in [3.8, 4) is 22.8 Å². The molecule has 0 fully saturated rings. The summed E-state index contributed by atoms with van der Waals surface area (Å²) in [5.74, 6) is 2.65. The normalized spacial score (nSPS) is 12.9. The fourth-order valence-corrected chi connectivity index (χ4v) is 3.57. The summed E-state index contributed by atoms with van der Waals surface area (Å²) in [6.45, 7) is 3.69. The molecule has 3 aromatic heterocycles. The number of thioether (sulfide) groups is 1. The Labute approximate surface area is 176 Å². The lowest BCUT2D eigenvalue weighted by Gasteiger charge is -2.19. The van der Waals surface area contributed by atoms with Crippen LogP contribution >= 0.6 is 11.8 Å². The van der Waals surface area contributed by atoms with Gasteiger partial charge in [0.1, 0.15) is 13.2 Å². The zero-order valence-corrected chi connectivity index (χ0v) is 17.3. The molecule has 0 saturated carbocycles. The van der Waals surface area contributed by atoms with E-state index in [0.717, 1.165) is 34.0 Å². The van der Waals surface area contributed by atoms with Crippen LogP contribution in [0.5, 0.6) is 11.5 Å². The molecule has 0 unspecified atom stereocenters. The van der Waals surface area contributed by atoms with E-state index in [9.17, 15) is 0 Å². The number of aryl methyl sites for hydroxylation is 1. The fourth-order valence-electron chi connectivity index (χ4n) is 3.23. The second-order valence-electron chi connectivity index (χ2n) is 6.66. The first-order valence-electron chi connectivity index (χ1n) is 9.43. The van der Waals surface area contributed by atoms with E-state index < -0.39 is 0 Å². The quantitative estimate of drug-likeness (QED) is 0.487. The molecule has 0 aliphatic carbocycles. The Bertz CT molecular complexity index is 1230. The predicted molar refractivity (Wildman–Crippen MR) is 113 cm³/mol. The van der Waals surface area contributed by atoms with Gasteiger partial charge in [0.25, 0.3) is 5.78 Å². The second kappa shape index (κ2) is 7.79. The molecule has 1 aliphatic heterocycles. The smallest absolute Gasteiger partial charge is 0.253 e. The van der Waals surface area contributed by atoms with Gasteiger partial charge < -0.3 is 14.8 Å². The van der Waals surface area contributed by atoms with Crippen molar-refractivity contribution in [2.24, 2.45) is 0 Å². The molecule has 152 valence electrons. The first-order valence-corrected chi connectivity index (χ1v) is 10.7. The minimum atomic E-state index is 0.533. The average molecular weight is 421 g/mol. The van der Waals surface area contributed by atoms with Gasteiger partial charge in [0, 0.05) is 24.5 Å². The lowest BCUT2D eigenvalue weighted by molar-refractivity contribution is 0.171. The van der Waals surface area contributed by atoms with Crippen LogP contribution in [0, 0.1) is 6.92 Å². The summed E-state index contributed by atoms with van der Waals surface area (Å²) in [5, 5.41) is 8.43. The van der Waals surface area contributed by atoms with Gasteiger partial charge in [0.2, 0.25) is 11.1 Å². The molecule has 0 atom stereocenters. The Morgan fingerprint density at radius 1 is 1.10 bits per heavy atom. The van der Waals surface area contributed by atoms with Crippen LogP contribution in [0.25, 0.3) is 17.0 Å². The number of rotatable bonds is 5. The van der Waals surface area contributed by atoms with Gasteiger partial charge in [-0.3, -0.25) is 0 Å². The van der Waals surface area contributed by atoms with Crippen molar-refractivity contribution in [1.82, 2.24) is 29.5 Å². The number of fused-ring (bicyclic) bond motifs is 2. The number of nitrogens with zero attached hydrogens (tertiary/aromatic N) is 6. The number of ether oxygens (including phenoxy) is 2. The summed E-state index contributed by atoms with van der Waals surface area (Å²) < 4.78 is 13.0. The molecular formula is C20H19N7O2S. The monoisotopic (exact) mass is 421 g/mol. The zero-order chi connectivity index (χ0) is 20.5. The molecule has 10 heteroatoms.